The fourth-order valence-electron chi connectivity index (χ4n) is 2.75. The highest BCUT2D eigenvalue weighted by Gasteiger charge is 2.23. The Balaban J connectivity index is 1.84. The zero-order valence-corrected chi connectivity index (χ0v) is 16.4. The minimum Gasteiger partial charge on any atom is -0.494 e. The molecule has 0 amide bonds. The predicted octanol–water partition coefficient (Wildman–Crippen LogP) is 4.47. The Morgan fingerprint density at radius 3 is 2.34 bits per heavy atom. The second-order valence-corrected chi connectivity index (χ2v) is 6.71. The molecule has 0 saturated heterocycles. The van der Waals surface area contributed by atoms with Crippen LogP contribution in [0.5, 0.6) is 23.0 Å². The molecule has 3 rings (SSSR count). The first-order chi connectivity index (χ1) is 13.9. The first kappa shape index (κ1) is 20.3. The minimum atomic E-state index is -1.05. The van der Waals surface area contributed by atoms with Crippen LogP contribution in [0.25, 0.3) is 11.0 Å². The molecule has 0 bridgehead atoms. The summed E-state index contributed by atoms with van der Waals surface area (Å²) in [5.74, 6) is 0.254. The summed E-state index contributed by atoms with van der Waals surface area (Å²) in [6, 6.07) is 11.5. The number of rotatable bonds is 8. The van der Waals surface area contributed by atoms with Crippen molar-refractivity contribution in [3.05, 3.63) is 59.0 Å². The van der Waals surface area contributed by atoms with Crippen molar-refractivity contribution in [1.29, 1.82) is 0 Å². The third kappa shape index (κ3) is 4.68. The van der Waals surface area contributed by atoms with Crippen molar-refractivity contribution >= 4 is 16.9 Å². The van der Waals surface area contributed by atoms with Crippen molar-refractivity contribution in [1.82, 2.24) is 0 Å². The Labute approximate surface area is 167 Å². The molecule has 0 fully saturated rings. The van der Waals surface area contributed by atoms with E-state index in [1.165, 1.54) is 24.5 Å². The van der Waals surface area contributed by atoms with E-state index in [-0.39, 0.29) is 22.7 Å². The second-order valence-electron chi connectivity index (χ2n) is 6.71. The molecule has 1 heterocycles. The van der Waals surface area contributed by atoms with Gasteiger partial charge in [-0.3, -0.25) is 4.79 Å². The molecule has 1 unspecified atom stereocenters. The van der Waals surface area contributed by atoms with E-state index in [4.69, 9.17) is 18.6 Å². The van der Waals surface area contributed by atoms with Crippen molar-refractivity contribution in [2.75, 3.05) is 6.61 Å². The van der Waals surface area contributed by atoms with Crippen LogP contribution in [0.4, 0.5) is 0 Å². The molecule has 0 aliphatic heterocycles. The van der Waals surface area contributed by atoms with Gasteiger partial charge < -0.3 is 23.7 Å². The average molecular weight is 398 g/mol. The third-order valence-corrected chi connectivity index (χ3v) is 4.19. The molecular weight excluding hydrogens is 376 g/mol. The van der Waals surface area contributed by atoms with E-state index >= 15 is 0 Å². The number of hydrogen-bond acceptors (Lipinski definition) is 6. The van der Waals surface area contributed by atoms with Crippen LogP contribution in [0.3, 0.4) is 0 Å². The summed E-state index contributed by atoms with van der Waals surface area (Å²) in [4.78, 5) is 24.0. The van der Waals surface area contributed by atoms with Gasteiger partial charge in [0.1, 0.15) is 29.1 Å². The quantitative estimate of drug-likeness (QED) is 0.598. The first-order valence-electron chi connectivity index (χ1n) is 9.24. The van der Waals surface area contributed by atoms with Gasteiger partial charge in [-0.2, -0.15) is 0 Å². The summed E-state index contributed by atoms with van der Waals surface area (Å²) in [6.45, 7) is 5.96. The van der Waals surface area contributed by atoms with Crippen LogP contribution in [0.2, 0.25) is 0 Å². The summed E-state index contributed by atoms with van der Waals surface area (Å²) in [7, 11) is 0. The Hall–Kier alpha value is -3.48. The minimum absolute atomic E-state index is 0.0425. The molecule has 0 aliphatic rings. The highest BCUT2D eigenvalue weighted by molar-refractivity contribution is 5.79. The van der Waals surface area contributed by atoms with Crippen LogP contribution < -0.4 is 19.6 Å². The number of carboxylic acid groups (broad SMARTS) is 1. The molecule has 0 saturated carbocycles. The predicted molar refractivity (Wildman–Crippen MR) is 107 cm³/mol. The largest absolute Gasteiger partial charge is 0.494 e. The van der Waals surface area contributed by atoms with E-state index in [0.29, 0.717) is 29.2 Å². The number of aliphatic carboxylic acids is 1. The van der Waals surface area contributed by atoms with Crippen LogP contribution in [-0.2, 0) is 4.79 Å². The summed E-state index contributed by atoms with van der Waals surface area (Å²) in [5.41, 5.74) is -0.0650. The zero-order chi connectivity index (χ0) is 21.0. The Morgan fingerprint density at radius 2 is 1.72 bits per heavy atom. The van der Waals surface area contributed by atoms with Gasteiger partial charge in [0.05, 0.1) is 12.0 Å². The van der Waals surface area contributed by atoms with Gasteiger partial charge in [-0.15, -0.1) is 0 Å². The monoisotopic (exact) mass is 398 g/mol. The third-order valence-electron chi connectivity index (χ3n) is 4.19. The fourth-order valence-corrected chi connectivity index (χ4v) is 2.75. The van der Waals surface area contributed by atoms with Crippen molar-refractivity contribution in [2.45, 2.75) is 26.9 Å². The second kappa shape index (κ2) is 8.68. The average Bonchev–Trinajstić information content (AvgIpc) is 2.69. The molecule has 0 radical (unpaired) electrons. The van der Waals surface area contributed by atoms with Gasteiger partial charge in [-0.1, -0.05) is 13.8 Å². The molecule has 7 nitrogen and oxygen atoms in total. The van der Waals surface area contributed by atoms with Crippen LogP contribution >= 0.6 is 0 Å². The summed E-state index contributed by atoms with van der Waals surface area (Å²) in [6.07, 6.45) is 0.226. The SMILES string of the molecule is CCOc1ccc(Oc2coc3cc(OC(C(=O)O)C(C)C)ccc3c2=O)cc1. The van der Waals surface area contributed by atoms with Crippen molar-refractivity contribution < 1.29 is 28.5 Å². The highest BCUT2D eigenvalue weighted by Crippen LogP contribution is 2.26. The van der Waals surface area contributed by atoms with E-state index in [1.54, 1.807) is 38.1 Å². The number of benzene rings is 2. The Bertz CT molecular complexity index is 1050. The molecule has 1 aromatic heterocycles. The maximum atomic E-state index is 12.7. The number of hydrogen-bond donors (Lipinski definition) is 1. The lowest BCUT2D eigenvalue weighted by Crippen LogP contribution is -2.32. The van der Waals surface area contributed by atoms with Gasteiger partial charge in [0.25, 0.3) is 0 Å². The van der Waals surface area contributed by atoms with Gasteiger partial charge in [-0.05, 0) is 43.3 Å². The summed E-state index contributed by atoms with van der Waals surface area (Å²) in [5, 5.41) is 9.57. The van der Waals surface area contributed by atoms with Gasteiger partial charge >= 0.3 is 5.97 Å². The molecule has 3 aromatic rings. The molecule has 29 heavy (non-hydrogen) atoms. The molecule has 1 N–H and O–H groups in total. The highest BCUT2D eigenvalue weighted by atomic mass is 16.5. The van der Waals surface area contributed by atoms with E-state index in [1.807, 2.05) is 6.92 Å². The molecule has 2 aromatic carbocycles. The Kier molecular flexibility index (Phi) is 6.07. The maximum Gasteiger partial charge on any atom is 0.345 e. The van der Waals surface area contributed by atoms with Gasteiger partial charge in [0, 0.05) is 12.0 Å². The summed E-state index contributed by atoms with van der Waals surface area (Å²) >= 11 is 0. The van der Waals surface area contributed by atoms with Crippen molar-refractivity contribution in [3.63, 3.8) is 0 Å². The number of ether oxygens (including phenoxy) is 3. The van der Waals surface area contributed by atoms with Crippen molar-refractivity contribution in [3.8, 4) is 23.0 Å². The molecule has 0 spiro atoms. The van der Waals surface area contributed by atoms with Crippen LogP contribution in [-0.4, -0.2) is 23.8 Å². The fraction of sp³-hybridized carbons (Fsp3) is 0.273. The normalized spacial score (nSPS) is 12.0. The van der Waals surface area contributed by atoms with Crippen molar-refractivity contribution in [2.24, 2.45) is 5.92 Å². The molecule has 0 aliphatic carbocycles. The number of carboxylic acids is 1. The molecular formula is C22H22O7. The van der Waals surface area contributed by atoms with E-state index in [9.17, 15) is 14.7 Å². The lowest BCUT2D eigenvalue weighted by molar-refractivity contribution is -0.147. The molecule has 7 heteroatoms. The van der Waals surface area contributed by atoms with E-state index in [2.05, 4.69) is 0 Å². The van der Waals surface area contributed by atoms with Crippen LogP contribution in [0.1, 0.15) is 20.8 Å². The lowest BCUT2D eigenvalue weighted by Gasteiger charge is -2.18. The van der Waals surface area contributed by atoms with E-state index in [0.717, 1.165) is 0 Å². The number of fused-ring (bicyclic) bond motifs is 1. The van der Waals surface area contributed by atoms with E-state index < -0.39 is 12.1 Å². The van der Waals surface area contributed by atoms with Crippen LogP contribution in [0.15, 0.2) is 57.9 Å². The smallest absolute Gasteiger partial charge is 0.345 e. The molecule has 1 atom stereocenters. The Morgan fingerprint density at radius 1 is 1.07 bits per heavy atom. The first-order valence-corrected chi connectivity index (χ1v) is 9.24. The molecule has 152 valence electrons. The van der Waals surface area contributed by atoms with Crippen LogP contribution in [0, 0.1) is 5.92 Å². The zero-order valence-electron chi connectivity index (χ0n) is 16.4. The van der Waals surface area contributed by atoms with Gasteiger partial charge in [0.15, 0.2) is 6.10 Å². The topological polar surface area (TPSA) is 95.2 Å². The standard InChI is InChI=1S/C22H22O7/c1-4-26-14-5-7-15(8-6-14)28-19-12-27-18-11-16(9-10-17(18)20(19)23)29-21(13(2)3)22(24)25/h5-13,21H,4H2,1-3H3,(H,24,25). The lowest BCUT2D eigenvalue weighted by atomic mass is 10.1. The number of carbonyl (C=O) groups is 1. The van der Waals surface area contributed by atoms with Gasteiger partial charge in [0.2, 0.25) is 11.2 Å². The maximum absolute atomic E-state index is 12.7. The van der Waals surface area contributed by atoms with Gasteiger partial charge in [-0.25, -0.2) is 4.79 Å². The summed E-state index contributed by atoms with van der Waals surface area (Å²) < 4.78 is 22.1.